The Hall–Kier alpha value is -2.91. The van der Waals surface area contributed by atoms with Crippen molar-refractivity contribution in [2.24, 2.45) is 0 Å². The zero-order chi connectivity index (χ0) is 19.3. The Morgan fingerprint density at radius 3 is 2.07 bits per heavy atom. The van der Waals surface area contributed by atoms with Gasteiger partial charge in [0.05, 0.1) is 0 Å². The summed E-state index contributed by atoms with van der Waals surface area (Å²) in [6, 6.07) is 29.1. The van der Waals surface area contributed by atoms with E-state index >= 15 is 0 Å². The molecule has 0 spiro atoms. The Balaban J connectivity index is 1.58. The summed E-state index contributed by atoms with van der Waals surface area (Å²) in [5, 5.41) is 2.20. The van der Waals surface area contributed by atoms with Gasteiger partial charge in [0.15, 0.2) is 6.04 Å². The fourth-order valence-electron chi connectivity index (χ4n) is 4.11. The lowest BCUT2D eigenvalue weighted by Gasteiger charge is -2.31. The number of carbonyl (C=O) groups excluding carboxylic acids is 1. The van der Waals surface area contributed by atoms with Crippen LogP contribution in [0.5, 0.6) is 0 Å². The number of benzene rings is 3. The average Bonchev–Trinajstić information content (AvgIpc) is 2.77. The Morgan fingerprint density at radius 2 is 1.43 bits per heavy atom. The summed E-state index contributed by atoms with van der Waals surface area (Å²) in [7, 11) is 0. The van der Waals surface area contributed by atoms with E-state index in [2.05, 4.69) is 72.0 Å². The summed E-state index contributed by atoms with van der Waals surface area (Å²) in [6.45, 7) is 2.83. The van der Waals surface area contributed by atoms with Gasteiger partial charge in [-0.1, -0.05) is 78.9 Å². The summed E-state index contributed by atoms with van der Waals surface area (Å²) < 4.78 is 0. The molecule has 1 amide bonds. The van der Waals surface area contributed by atoms with Crippen molar-refractivity contribution in [1.82, 2.24) is 0 Å². The number of quaternary nitrogens is 1. The molecule has 0 unspecified atom stereocenters. The number of nitrogens with zero attached hydrogens (tertiary/aromatic N) is 1. The van der Waals surface area contributed by atoms with Crippen molar-refractivity contribution in [2.75, 3.05) is 11.4 Å². The van der Waals surface area contributed by atoms with Gasteiger partial charge in [-0.25, -0.2) is 0 Å². The maximum absolute atomic E-state index is 13.4. The van der Waals surface area contributed by atoms with Gasteiger partial charge in [0.25, 0.3) is 5.91 Å². The highest BCUT2D eigenvalue weighted by atomic mass is 16.2. The van der Waals surface area contributed by atoms with E-state index in [0.29, 0.717) is 0 Å². The van der Waals surface area contributed by atoms with Gasteiger partial charge in [0.2, 0.25) is 0 Å². The van der Waals surface area contributed by atoms with Crippen LogP contribution in [0.15, 0.2) is 84.9 Å². The second-order valence-corrected chi connectivity index (χ2v) is 7.50. The van der Waals surface area contributed by atoms with Crippen LogP contribution in [0.1, 0.15) is 36.1 Å². The monoisotopic (exact) mass is 371 g/mol. The molecule has 1 aliphatic rings. The highest BCUT2D eigenvalue weighted by Crippen LogP contribution is 2.27. The molecule has 0 radical (unpaired) electrons. The van der Waals surface area contributed by atoms with Crippen LogP contribution in [0.25, 0.3) is 0 Å². The van der Waals surface area contributed by atoms with E-state index in [1.165, 1.54) is 16.7 Å². The van der Waals surface area contributed by atoms with Crippen molar-refractivity contribution in [3.05, 3.63) is 102 Å². The number of hydrogen-bond acceptors (Lipinski definition) is 1. The zero-order valence-corrected chi connectivity index (χ0v) is 16.3. The first-order valence-electron chi connectivity index (χ1n) is 10.1. The van der Waals surface area contributed by atoms with Crippen molar-refractivity contribution in [3.63, 3.8) is 0 Å². The number of carbonyl (C=O) groups is 1. The second-order valence-electron chi connectivity index (χ2n) is 7.50. The number of para-hydroxylation sites is 1. The summed E-state index contributed by atoms with van der Waals surface area (Å²) >= 11 is 0. The molecule has 0 saturated heterocycles. The molecule has 1 heterocycles. The fourth-order valence-corrected chi connectivity index (χ4v) is 4.11. The van der Waals surface area contributed by atoms with Gasteiger partial charge in [0, 0.05) is 23.4 Å². The van der Waals surface area contributed by atoms with Crippen LogP contribution in [0.3, 0.4) is 0 Å². The molecule has 142 valence electrons. The van der Waals surface area contributed by atoms with Gasteiger partial charge in [0.1, 0.15) is 6.04 Å². The maximum Gasteiger partial charge on any atom is 0.284 e. The molecule has 0 bridgehead atoms. The van der Waals surface area contributed by atoms with E-state index in [1.807, 2.05) is 30.0 Å². The Kier molecular flexibility index (Phi) is 5.54. The first kappa shape index (κ1) is 18.5. The Bertz CT molecular complexity index is 884. The molecule has 2 N–H and O–H groups in total. The van der Waals surface area contributed by atoms with Crippen molar-refractivity contribution in [1.29, 1.82) is 0 Å². The van der Waals surface area contributed by atoms with Crippen LogP contribution in [0, 0.1) is 0 Å². The van der Waals surface area contributed by atoms with Crippen molar-refractivity contribution in [2.45, 2.75) is 31.8 Å². The third-order valence-corrected chi connectivity index (χ3v) is 5.56. The van der Waals surface area contributed by atoms with E-state index in [9.17, 15) is 4.79 Å². The van der Waals surface area contributed by atoms with Gasteiger partial charge >= 0.3 is 0 Å². The van der Waals surface area contributed by atoms with Crippen molar-refractivity contribution in [3.8, 4) is 0 Å². The van der Waals surface area contributed by atoms with Crippen molar-refractivity contribution < 1.29 is 10.1 Å². The molecule has 3 aromatic carbocycles. The highest BCUT2D eigenvalue weighted by Gasteiger charge is 2.31. The molecular weight excluding hydrogens is 344 g/mol. The molecular formula is C25H27N2O+. The first-order valence-corrected chi connectivity index (χ1v) is 10.1. The lowest BCUT2D eigenvalue weighted by molar-refractivity contribution is -0.704. The molecule has 0 fully saturated rings. The molecule has 0 aliphatic carbocycles. The third kappa shape index (κ3) is 3.85. The van der Waals surface area contributed by atoms with E-state index in [0.717, 1.165) is 25.1 Å². The van der Waals surface area contributed by atoms with Crippen LogP contribution in [0.4, 0.5) is 5.69 Å². The Labute approximate surface area is 167 Å². The number of hydrogen-bond donors (Lipinski definition) is 1. The highest BCUT2D eigenvalue weighted by molar-refractivity contribution is 5.97. The molecule has 3 aromatic rings. The standard InChI is InChI=1S/C25H26N2O/c1-19(25(28)27-18-10-16-20-11-8-9-17-23(20)27)26-24(21-12-4-2-5-13-21)22-14-6-3-7-15-22/h2-9,11-15,17,19,24,26H,10,16,18H2,1H3/p+1/t19-/m0/s1. The largest absolute Gasteiger partial charge is 0.326 e. The predicted molar refractivity (Wildman–Crippen MR) is 113 cm³/mol. The van der Waals surface area contributed by atoms with Crippen molar-refractivity contribution >= 4 is 11.6 Å². The lowest BCUT2D eigenvalue weighted by Crippen LogP contribution is -2.93. The molecule has 3 nitrogen and oxygen atoms in total. The van der Waals surface area contributed by atoms with Gasteiger partial charge in [-0.2, -0.15) is 0 Å². The normalized spacial score (nSPS) is 14.6. The summed E-state index contributed by atoms with van der Waals surface area (Å²) in [6.07, 6.45) is 2.07. The summed E-state index contributed by atoms with van der Waals surface area (Å²) in [5.41, 5.74) is 4.78. The molecule has 1 atom stereocenters. The number of nitrogens with two attached hydrogens (primary N) is 1. The number of anilines is 1. The molecule has 1 aliphatic heterocycles. The lowest BCUT2D eigenvalue weighted by atomic mass is 9.97. The smallest absolute Gasteiger partial charge is 0.284 e. The predicted octanol–water partition coefficient (Wildman–Crippen LogP) is 3.71. The summed E-state index contributed by atoms with van der Waals surface area (Å²) in [4.78, 5) is 15.3. The van der Waals surface area contributed by atoms with E-state index in [-0.39, 0.29) is 18.0 Å². The van der Waals surface area contributed by atoms with Crippen LogP contribution < -0.4 is 10.2 Å². The minimum atomic E-state index is -0.170. The van der Waals surface area contributed by atoms with Crippen LogP contribution in [-0.2, 0) is 11.2 Å². The minimum Gasteiger partial charge on any atom is -0.326 e. The molecule has 0 aromatic heterocycles. The number of amides is 1. The van der Waals surface area contributed by atoms with Crippen LogP contribution >= 0.6 is 0 Å². The molecule has 0 saturated carbocycles. The third-order valence-electron chi connectivity index (χ3n) is 5.56. The number of rotatable bonds is 5. The topological polar surface area (TPSA) is 36.9 Å². The second kappa shape index (κ2) is 8.41. The SMILES string of the molecule is C[C@H]([NH2+]C(c1ccccc1)c1ccccc1)C(=O)N1CCCc2ccccc21. The minimum absolute atomic E-state index is 0.0985. The van der Waals surface area contributed by atoms with Crippen LogP contribution in [0.2, 0.25) is 0 Å². The van der Waals surface area contributed by atoms with Crippen LogP contribution in [-0.4, -0.2) is 18.5 Å². The number of aryl methyl sites for hydroxylation is 1. The average molecular weight is 372 g/mol. The number of fused-ring (bicyclic) bond motifs is 1. The maximum atomic E-state index is 13.4. The van der Waals surface area contributed by atoms with Gasteiger partial charge < -0.3 is 10.2 Å². The van der Waals surface area contributed by atoms with Gasteiger partial charge in [-0.05, 0) is 31.4 Å². The summed E-state index contributed by atoms with van der Waals surface area (Å²) in [5.74, 6) is 0.184. The van der Waals surface area contributed by atoms with Gasteiger partial charge in [-0.15, -0.1) is 0 Å². The zero-order valence-electron chi connectivity index (χ0n) is 16.3. The molecule has 28 heavy (non-hydrogen) atoms. The Morgan fingerprint density at radius 1 is 0.857 bits per heavy atom. The molecule has 3 heteroatoms. The van der Waals surface area contributed by atoms with E-state index in [4.69, 9.17) is 0 Å². The van der Waals surface area contributed by atoms with E-state index < -0.39 is 0 Å². The fraction of sp³-hybridized carbons (Fsp3) is 0.240. The quantitative estimate of drug-likeness (QED) is 0.729. The molecule has 4 rings (SSSR count). The van der Waals surface area contributed by atoms with Gasteiger partial charge in [-0.3, -0.25) is 4.79 Å². The first-order chi connectivity index (χ1) is 13.7. The van der Waals surface area contributed by atoms with E-state index in [1.54, 1.807) is 0 Å².